The molecule has 1 amide bonds. The molecule has 190 valence electrons. The lowest BCUT2D eigenvalue weighted by Crippen LogP contribution is -2.39. The highest BCUT2D eigenvalue weighted by Gasteiger charge is 2.23. The number of carbonyl (C=O) groups excluding carboxylic acids is 1. The molecule has 1 aliphatic heterocycles. The molecule has 3 aromatic rings. The van der Waals surface area contributed by atoms with Crippen molar-refractivity contribution >= 4 is 5.91 Å². The summed E-state index contributed by atoms with van der Waals surface area (Å²) in [5, 5.41) is 7.37. The zero-order chi connectivity index (χ0) is 24.9. The van der Waals surface area contributed by atoms with Gasteiger partial charge in [0.15, 0.2) is 0 Å². The molecular formula is C30H36FN3O2. The lowest BCUT2D eigenvalue weighted by Gasteiger charge is -2.30. The first-order chi connectivity index (χ1) is 17.5. The van der Waals surface area contributed by atoms with Crippen LogP contribution >= 0.6 is 0 Å². The highest BCUT2D eigenvalue weighted by atomic mass is 19.1. The van der Waals surface area contributed by atoms with Gasteiger partial charge in [0, 0.05) is 30.8 Å². The molecule has 5 nitrogen and oxygen atoms in total. The van der Waals surface area contributed by atoms with E-state index in [2.05, 4.69) is 33.6 Å². The van der Waals surface area contributed by atoms with Crippen molar-refractivity contribution in [3.8, 4) is 11.3 Å². The number of halogens is 1. The predicted molar refractivity (Wildman–Crippen MR) is 139 cm³/mol. The monoisotopic (exact) mass is 489 g/mol. The molecule has 0 radical (unpaired) electrons. The minimum Gasteiger partial charge on any atom is -0.361 e. The lowest BCUT2D eigenvalue weighted by atomic mass is 9.84. The molecule has 2 aromatic carbocycles. The number of amides is 1. The standard InChI is InChI=1S/C30H36FN3O2/c1-21-18-29(33-36-21)26-7-6-24-13-16-34(17-14-25(24)20-26)15-12-22-4-10-28(11-5-22)32-30(35)19-23-2-8-27(31)9-3-23/h2-3,6-9,18,20,22,28H,4-5,10-17,19H2,1H3,(H,32,35). The Morgan fingerprint density at radius 3 is 2.50 bits per heavy atom. The van der Waals surface area contributed by atoms with Gasteiger partial charge in [0.1, 0.15) is 17.3 Å². The van der Waals surface area contributed by atoms with Crippen molar-refractivity contribution < 1.29 is 13.7 Å². The minimum absolute atomic E-state index is 0.0380. The fraction of sp³-hybridized carbons (Fsp3) is 0.467. The van der Waals surface area contributed by atoms with Gasteiger partial charge >= 0.3 is 0 Å². The van der Waals surface area contributed by atoms with Crippen LogP contribution in [0, 0.1) is 18.7 Å². The molecule has 0 bridgehead atoms. The maximum absolute atomic E-state index is 13.1. The minimum atomic E-state index is -0.269. The summed E-state index contributed by atoms with van der Waals surface area (Å²) < 4.78 is 18.3. The fourth-order valence-corrected chi connectivity index (χ4v) is 5.68. The van der Waals surface area contributed by atoms with Crippen LogP contribution in [0.3, 0.4) is 0 Å². The van der Waals surface area contributed by atoms with Crippen LogP contribution in [-0.2, 0) is 24.1 Å². The van der Waals surface area contributed by atoms with E-state index in [1.54, 1.807) is 12.1 Å². The summed E-state index contributed by atoms with van der Waals surface area (Å²) in [6.45, 7) is 5.29. The average molecular weight is 490 g/mol. The Bertz CT molecular complexity index is 1170. The number of hydrogen-bond donors (Lipinski definition) is 1. The Hall–Kier alpha value is -2.99. The summed E-state index contributed by atoms with van der Waals surface area (Å²) in [6, 6.07) is 15.2. The van der Waals surface area contributed by atoms with E-state index in [1.165, 1.54) is 42.5 Å². The number of benzene rings is 2. The van der Waals surface area contributed by atoms with E-state index in [-0.39, 0.29) is 17.8 Å². The van der Waals surface area contributed by atoms with Crippen molar-refractivity contribution in [3.63, 3.8) is 0 Å². The van der Waals surface area contributed by atoms with Gasteiger partial charge in [0.25, 0.3) is 0 Å². The highest BCUT2D eigenvalue weighted by molar-refractivity contribution is 5.78. The van der Waals surface area contributed by atoms with Gasteiger partial charge in [-0.2, -0.15) is 0 Å². The summed E-state index contributed by atoms with van der Waals surface area (Å²) >= 11 is 0. The van der Waals surface area contributed by atoms with E-state index in [4.69, 9.17) is 4.52 Å². The molecule has 6 heteroatoms. The summed E-state index contributed by atoms with van der Waals surface area (Å²) in [5.74, 6) is 1.35. The maximum Gasteiger partial charge on any atom is 0.224 e. The Labute approximate surface area is 213 Å². The SMILES string of the molecule is Cc1cc(-c2ccc3c(c2)CCN(CCC2CCC(NC(=O)Cc4ccc(F)cc4)CC2)CC3)no1. The van der Waals surface area contributed by atoms with Crippen molar-refractivity contribution in [2.24, 2.45) is 5.92 Å². The van der Waals surface area contributed by atoms with E-state index in [0.29, 0.717) is 6.42 Å². The zero-order valence-corrected chi connectivity index (χ0v) is 21.1. The molecule has 0 atom stereocenters. The van der Waals surface area contributed by atoms with Gasteiger partial charge in [0.2, 0.25) is 5.91 Å². The molecule has 0 unspecified atom stereocenters. The number of rotatable bonds is 7. The molecule has 5 rings (SSSR count). The molecular weight excluding hydrogens is 453 g/mol. The predicted octanol–water partition coefficient (Wildman–Crippen LogP) is 5.50. The largest absolute Gasteiger partial charge is 0.361 e. The molecule has 36 heavy (non-hydrogen) atoms. The van der Waals surface area contributed by atoms with Crippen LogP contribution in [-0.4, -0.2) is 41.6 Å². The summed E-state index contributed by atoms with van der Waals surface area (Å²) in [6.07, 6.45) is 8.18. The fourth-order valence-electron chi connectivity index (χ4n) is 5.68. The van der Waals surface area contributed by atoms with Crippen molar-refractivity contribution in [2.75, 3.05) is 19.6 Å². The number of nitrogens with one attached hydrogen (secondary N) is 1. The number of fused-ring (bicyclic) bond motifs is 1. The van der Waals surface area contributed by atoms with Gasteiger partial charge < -0.3 is 14.7 Å². The van der Waals surface area contributed by atoms with Crippen LogP contribution in [0.5, 0.6) is 0 Å². The van der Waals surface area contributed by atoms with Gasteiger partial charge in [0.05, 0.1) is 6.42 Å². The van der Waals surface area contributed by atoms with Crippen molar-refractivity contribution in [2.45, 2.75) is 64.3 Å². The number of aromatic nitrogens is 1. The van der Waals surface area contributed by atoms with E-state index in [0.717, 1.165) is 73.8 Å². The third-order valence-corrected chi connectivity index (χ3v) is 7.87. The zero-order valence-electron chi connectivity index (χ0n) is 21.1. The quantitative estimate of drug-likeness (QED) is 0.476. The first-order valence-electron chi connectivity index (χ1n) is 13.3. The summed E-state index contributed by atoms with van der Waals surface area (Å²) in [5.41, 5.74) is 5.80. The van der Waals surface area contributed by atoms with Crippen molar-refractivity contribution in [3.05, 3.63) is 76.8 Å². The maximum atomic E-state index is 13.1. The summed E-state index contributed by atoms with van der Waals surface area (Å²) in [4.78, 5) is 15.0. The lowest BCUT2D eigenvalue weighted by molar-refractivity contribution is -0.121. The number of hydrogen-bond acceptors (Lipinski definition) is 4. The Balaban J connectivity index is 1.04. The molecule has 0 saturated heterocycles. The Kier molecular flexibility index (Phi) is 7.81. The molecule has 1 fully saturated rings. The smallest absolute Gasteiger partial charge is 0.224 e. The third kappa shape index (κ3) is 6.41. The normalized spacial score (nSPS) is 20.5. The van der Waals surface area contributed by atoms with Gasteiger partial charge in [-0.3, -0.25) is 4.79 Å². The molecule has 1 saturated carbocycles. The van der Waals surface area contributed by atoms with E-state index < -0.39 is 0 Å². The summed E-state index contributed by atoms with van der Waals surface area (Å²) in [7, 11) is 0. The number of nitrogens with zero attached hydrogens (tertiary/aromatic N) is 2. The first-order valence-corrected chi connectivity index (χ1v) is 13.3. The second kappa shape index (κ2) is 11.4. The van der Waals surface area contributed by atoms with Gasteiger partial charge in [-0.1, -0.05) is 29.4 Å². The van der Waals surface area contributed by atoms with Crippen molar-refractivity contribution in [1.82, 2.24) is 15.4 Å². The molecule has 1 aromatic heterocycles. The average Bonchev–Trinajstić information content (AvgIpc) is 3.21. The van der Waals surface area contributed by atoms with Gasteiger partial charge in [-0.25, -0.2) is 4.39 Å². The van der Waals surface area contributed by atoms with E-state index in [9.17, 15) is 9.18 Å². The highest BCUT2D eigenvalue weighted by Crippen LogP contribution is 2.28. The molecule has 1 N–H and O–H groups in total. The van der Waals surface area contributed by atoms with Crippen LogP contribution in [0.25, 0.3) is 11.3 Å². The second-order valence-electron chi connectivity index (χ2n) is 10.5. The first kappa shape index (κ1) is 24.7. The van der Waals surface area contributed by atoms with Crippen LogP contribution in [0.1, 0.15) is 54.6 Å². The van der Waals surface area contributed by atoms with E-state index in [1.807, 2.05) is 13.0 Å². The Morgan fingerprint density at radius 2 is 1.78 bits per heavy atom. The Morgan fingerprint density at radius 1 is 1.03 bits per heavy atom. The third-order valence-electron chi connectivity index (χ3n) is 7.87. The second-order valence-corrected chi connectivity index (χ2v) is 10.5. The molecule has 1 aliphatic carbocycles. The van der Waals surface area contributed by atoms with Crippen molar-refractivity contribution in [1.29, 1.82) is 0 Å². The van der Waals surface area contributed by atoms with Gasteiger partial charge in [-0.05, 0) is 99.2 Å². The van der Waals surface area contributed by atoms with Crippen LogP contribution in [0.2, 0.25) is 0 Å². The number of aryl methyl sites for hydroxylation is 1. The molecule has 2 heterocycles. The molecule has 2 aliphatic rings. The van der Waals surface area contributed by atoms with Crippen LogP contribution < -0.4 is 5.32 Å². The molecule has 0 spiro atoms. The topological polar surface area (TPSA) is 58.4 Å². The van der Waals surface area contributed by atoms with Crippen LogP contribution in [0.15, 0.2) is 53.1 Å². The number of carbonyl (C=O) groups is 1. The van der Waals surface area contributed by atoms with E-state index >= 15 is 0 Å². The van der Waals surface area contributed by atoms with Gasteiger partial charge in [-0.15, -0.1) is 0 Å². The van der Waals surface area contributed by atoms with Crippen LogP contribution in [0.4, 0.5) is 4.39 Å².